The first-order valence-electron chi connectivity index (χ1n) is 6.59. The van der Waals surface area contributed by atoms with Gasteiger partial charge in [-0.05, 0) is 49.1 Å². The lowest BCUT2D eigenvalue weighted by Crippen LogP contribution is -2.32. The molecule has 8 heteroatoms. The van der Waals surface area contributed by atoms with Crippen LogP contribution in [0.4, 0.5) is 10.1 Å². The highest BCUT2D eigenvalue weighted by atomic mass is 32.2. The van der Waals surface area contributed by atoms with Gasteiger partial charge < -0.3 is 9.50 Å². The minimum absolute atomic E-state index is 0.269. The van der Waals surface area contributed by atoms with Crippen LogP contribution in [0, 0.1) is 19.7 Å². The van der Waals surface area contributed by atoms with Gasteiger partial charge in [0.05, 0.1) is 6.61 Å². The third-order valence-electron chi connectivity index (χ3n) is 2.83. The highest BCUT2D eigenvalue weighted by molar-refractivity contribution is 7.93. The summed E-state index contributed by atoms with van der Waals surface area (Å²) in [6.07, 6.45) is 2.48. The van der Waals surface area contributed by atoms with E-state index in [0.717, 1.165) is 0 Å². The predicted octanol–water partition coefficient (Wildman–Crippen LogP) is 2.74. The summed E-state index contributed by atoms with van der Waals surface area (Å²) in [5.74, 6) is -0.737. The van der Waals surface area contributed by atoms with E-state index in [1.807, 2.05) is 0 Å². The zero-order valence-electron chi connectivity index (χ0n) is 13.0. The molecule has 0 aliphatic rings. The molecule has 0 bridgehead atoms. The van der Waals surface area contributed by atoms with Crippen molar-refractivity contribution in [2.45, 2.75) is 26.4 Å². The molecule has 1 N–H and O–H groups in total. The van der Waals surface area contributed by atoms with Gasteiger partial charge in [-0.25, -0.2) is 8.60 Å². The number of halogens is 1. The van der Waals surface area contributed by atoms with Gasteiger partial charge in [-0.15, -0.1) is 0 Å². The maximum atomic E-state index is 13.6. The minimum atomic E-state index is -1.58. The zero-order valence-corrected chi connectivity index (χ0v) is 14.6. The normalized spacial score (nSPS) is 13.7. The van der Waals surface area contributed by atoms with E-state index in [0.29, 0.717) is 16.8 Å². The molecule has 1 aromatic rings. The molecule has 0 saturated heterocycles. The van der Waals surface area contributed by atoms with Crippen molar-refractivity contribution >= 4 is 34.7 Å². The number of hydrogen-bond acceptors (Lipinski definition) is 5. The number of carbonyl (C=O) groups is 1. The second-order valence-corrected chi connectivity index (χ2v) is 6.24. The largest absolute Gasteiger partial charge is 0.324 e. The van der Waals surface area contributed by atoms with Gasteiger partial charge in [-0.2, -0.15) is 0 Å². The van der Waals surface area contributed by atoms with Gasteiger partial charge >= 0.3 is 0 Å². The maximum absolute atomic E-state index is 13.6. The molecule has 0 aromatic heterocycles. The molecular weight excluding hydrogens is 329 g/mol. The van der Waals surface area contributed by atoms with E-state index < -0.39 is 23.1 Å². The number of amides is 1. The summed E-state index contributed by atoms with van der Waals surface area (Å²) >= 11 is -0.396. The van der Waals surface area contributed by atoms with E-state index in [1.165, 1.54) is 18.3 Å². The number of benzene rings is 1. The first-order chi connectivity index (χ1) is 10.3. The van der Waals surface area contributed by atoms with Crippen molar-refractivity contribution in [2.24, 2.45) is 0 Å². The third kappa shape index (κ3) is 6.04. The van der Waals surface area contributed by atoms with Crippen molar-refractivity contribution in [1.29, 1.82) is 0 Å². The number of carbonyl (C=O) groups excluding carboxylic acids is 1. The molecule has 0 heterocycles. The van der Waals surface area contributed by atoms with Gasteiger partial charge in [-0.1, -0.05) is 0 Å². The quantitative estimate of drug-likeness (QED) is 0.577. The summed E-state index contributed by atoms with van der Waals surface area (Å²) in [5.41, 5.74) is 1.36. The fourth-order valence-corrected chi connectivity index (χ4v) is 2.64. The van der Waals surface area contributed by atoms with Crippen LogP contribution >= 0.6 is 12.0 Å². The summed E-state index contributed by atoms with van der Waals surface area (Å²) in [5, 5.41) is 2.66. The smallest absolute Gasteiger partial charge is 0.255 e. The van der Waals surface area contributed by atoms with Crippen molar-refractivity contribution < 1.29 is 21.8 Å². The molecule has 2 atom stereocenters. The average molecular weight is 349 g/mol. The average Bonchev–Trinajstić information content (AvgIpc) is 2.43. The van der Waals surface area contributed by atoms with Gasteiger partial charge in [0.2, 0.25) is 0 Å². The third-order valence-corrected chi connectivity index (χ3v) is 3.73. The first-order valence-corrected chi connectivity index (χ1v) is 9.22. The molecule has 0 fully saturated rings. The Hall–Kier alpha value is -0.960. The van der Waals surface area contributed by atoms with Crippen LogP contribution in [-0.2, 0) is 24.2 Å². The van der Waals surface area contributed by atoms with Crippen LogP contribution in [0.2, 0.25) is 0 Å². The van der Waals surface area contributed by atoms with Gasteiger partial charge in [0.25, 0.3) is 5.91 Å². The molecule has 124 valence electrons. The van der Waals surface area contributed by atoms with E-state index >= 15 is 0 Å². The Morgan fingerprint density at radius 3 is 2.50 bits per heavy atom. The van der Waals surface area contributed by atoms with E-state index in [9.17, 15) is 13.4 Å². The fraction of sp³-hybridized carbons (Fsp3) is 0.500. The molecule has 0 spiro atoms. The molecule has 0 aliphatic heterocycles. The number of nitrogens with one attached hydrogen (secondary N) is 1. The minimum Gasteiger partial charge on any atom is -0.324 e. The van der Waals surface area contributed by atoms with Crippen LogP contribution in [-0.4, -0.2) is 35.3 Å². The van der Waals surface area contributed by atoms with Crippen LogP contribution < -0.4 is 5.32 Å². The lowest BCUT2D eigenvalue weighted by molar-refractivity contribution is -0.122. The van der Waals surface area contributed by atoms with Crippen LogP contribution in [0.15, 0.2) is 12.1 Å². The predicted molar refractivity (Wildman–Crippen MR) is 87.5 cm³/mol. The summed E-state index contributed by atoms with van der Waals surface area (Å²) in [6, 6.07) is 3.08. The Labute approximate surface area is 136 Å². The van der Waals surface area contributed by atoms with Crippen LogP contribution in [0.5, 0.6) is 0 Å². The summed E-state index contributed by atoms with van der Waals surface area (Å²) < 4.78 is 35.0. The molecule has 0 saturated carbocycles. The maximum Gasteiger partial charge on any atom is 0.255 e. The zero-order chi connectivity index (χ0) is 16.7. The number of anilines is 1. The van der Waals surface area contributed by atoms with E-state index in [2.05, 4.69) is 5.32 Å². The standard InChI is InChI=1S/C14H20FNO4S2/c1-9-7-11(8-10(2)13(9)15)16-14(17)12(20-22(4)18)5-6-19-21-3/h7-8,12H,5-6H2,1-4H3,(H,16,17). The molecule has 1 rings (SSSR count). The molecule has 0 aliphatic carbocycles. The summed E-state index contributed by atoms with van der Waals surface area (Å²) in [4.78, 5) is 12.2. The fourth-order valence-electron chi connectivity index (χ4n) is 1.87. The monoisotopic (exact) mass is 349 g/mol. The van der Waals surface area contributed by atoms with Crippen molar-refractivity contribution in [2.75, 3.05) is 24.4 Å². The van der Waals surface area contributed by atoms with Crippen molar-refractivity contribution in [1.82, 2.24) is 0 Å². The Bertz CT molecular complexity index is 531. The second-order valence-electron chi connectivity index (χ2n) is 4.68. The van der Waals surface area contributed by atoms with E-state index in [4.69, 9.17) is 8.37 Å². The Kier molecular flexibility index (Phi) is 8.02. The molecule has 2 unspecified atom stereocenters. The highest BCUT2D eigenvalue weighted by Gasteiger charge is 2.21. The van der Waals surface area contributed by atoms with Crippen LogP contribution in [0.1, 0.15) is 17.5 Å². The number of aryl methyl sites for hydroxylation is 2. The van der Waals surface area contributed by atoms with Crippen molar-refractivity contribution in [3.05, 3.63) is 29.1 Å². The Morgan fingerprint density at radius 2 is 2.00 bits per heavy atom. The van der Waals surface area contributed by atoms with E-state index in [1.54, 1.807) is 32.2 Å². The van der Waals surface area contributed by atoms with Crippen LogP contribution in [0.3, 0.4) is 0 Å². The molecular formula is C14H20FNO4S2. The van der Waals surface area contributed by atoms with Gasteiger partial charge in [0, 0.05) is 24.6 Å². The number of hydrogen-bond donors (Lipinski definition) is 1. The summed E-state index contributed by atoms with van der Waals surface area (Å²) in [7, 11) is 0. The Morgan fingerprint density at radius 1 is 1.41 bits per heavy atom. The lowest BCUT2D eigenvalue weighted by atomic mass is 10.1. The topological polar surface area (TPSA) is 64.6 Å². The molecule has 1 aromatic carbocycles. The first kappa shape index (κ1) is 19.1. The van der Waals surface area contributed by atoms with Gasteiger partial charge in [0.1, 0.15) is 5.82 Å². The Balaban J connectivity index is 2.79. The molecule has 22 heavy (non-hydrogen) atoms. The van der Waals surface area contributed by atoms with Crippen molar-refractivity contribution in [3.63, 3.8) is 0 Å². The molecule has 0 radical (unpaired) electrons. The lowest BCUT2D eigenvalue weighted by Gasteiger charge is -2.16. The van der Waals surface area contributed by atoms with Crippen molar-refractivity contribution in [3.8, 4) is 0 Å². The van der Waals surface area contributed by atoms with Gasteiger partial charge in [0.15, 0.2) is 17.2 Å². The van der Waals surface area contributed by atoms with Gasteiger partial charge in [-0.3, -0.25) is 8.98 Å². The molecule has 1 amide bonds. The summed E-state index contributed by atoms with van der Waals surface area (Å²) in [6.45, 7) is 3.54. The SMILES string of the molecule is CSOCCC(OS(C)=O)C(=O)Nc1cc(C)c(F)c(C)c1. The van der Waals surface area contributed by atoms with E-state index in [-0.39, 0.29) is 18.8 Å². The second kappa shape index (κ2) is 9.24. The van der Waals surface area contributed by atoms with Crippen LogP contribution in [0.25, 0.3) is 0 Å². The highest BCUT2D eigenvalue weighted by Crippen LogP contribution is 2.19. The number of rotatable bonds is 8. The molecule has 5 nitrogen and oxygen atoms in total.